The first kappa shape index (κ1) is 20.5. The van der Waals surface area contributed by atoms with Gasteiger partial charge in [-0.3, -0.25) is 9.10 Å². The summed E-state index contributed by atoms with van der Waals surface area (Å²) in [5, 5.41) is 3.21. The summed E-state index contributed by atoms with van der Waals surface area (Å²) in [5.74, 6) is 0.118. The molecular formula is C17H18BrClN2O4S. The van der Waals surface area contributed by atoms with Crippen molar-refractivity contribution in [1.82, 2.24) is 0 Å². The molecule has 2 aromatic rings. The highest BCUT2D eigenvalue weighted by molar-refractivity contribution is 9.10. The van der Waals surface area contributed by atoms with Gasteiger partial charge in [-0.2, -0.15) is 0 Å². The minimum absolute atomic E-state index is 0.333. The summed E-state index contributed by atoms with van der Waals surface area (Å²) in [6, 6.07) is 11.5. The zero-order valence-corrected chi connectivity index (χ0v) is 17.5. The van der Waals surface area contributed by atoms with E-state index in [1.165, 1.54) is 7.05 Å². The molecule has 0 aliphatic rings. The van der Waals surface area contributed by atoms with Crippen molar-refractivity contribution in [3.63, 3.8) is 0 Å². The number of carbonyl (C=O) groups excluding carboxylic acids is 1. The van der Waals surface area contributed by atoms with Crippen LogP contribution >= 0.6 is 27.5 Å². The lowest BCUT2D eigenvalue weighted by molar-refractivity contribution is -0.122. The number of ether oxygens (including phenoxy) is 1. The maximum atomic E-state index is 12.2. The second-order valence-corrected chi connectivity index (χ2v) is 8.88. The smallest absolute Gasteiger partial charge is 0.265 e. The van der Waals surface area contributed by atoms with Crippen molar-refractivity contribution >= 4 is 54.8 Å². The van der Waals surface area contributed by atoms with Gasteiger partial charge in [0, 0.05) is 17.2 Å². The fourth-order valence-electron chi connectivity index (χ4n) is 2.00. The summed E-state index contributed by atoms with van der Waals surface area (Å²) in [6.45, 7) is 1.62. The van der Waals surface area contributed by atoms with E-state index in [0.717, 1.165) is 15.0 Å². The molecule has 1 N–H and O–H groups in total. The molecule has 0 bridgehead atoms. The van der Waals surface area contributed by atoms with E-state index in [2.05, 4.69) is 21.2 Å². The standard InChI is InChI=1S/C17H18BrClN2O4S/c1-11(17(22)20-12-4-9-15(18)16(19)10-12)25-14-7-5-13(6-8-14)21(2)26(3,23)24/h4-11H,1-3H3,(H,20,22). The number of nitrogens with zero attached hydrogens (tertiary/aromatic N) is 1. The van der Waals surface area contributed by atoms with Crippen molar-refractivity contribution in [3.05, 3.63) is 52.0 Å². The van der Waals surface area contributed by atoms with Crippen LogP contribution in [0.25, 0.3) is 0 Å². The van der Waals surface area contributed by atoms with Crippen LogP contribution in [0.3, 0.4) is 0 Å². The Hall–Kier alpha value is -1.77. The zero-order valence-electron chi connectivity index (χ0n) is 14.4. The monoisotopic (exact) mass is 460 g/mol. The van der Waals surface area contributed by atoms with Gasteiger partial charge in [0.15, 0.2) is 6.10 Å². The minimum atomic E-state index is -3.33. The number of halogens is 2. The lowest BCUT2D eigenvalue weighted by Crippen LogP contribution is -2.30. The Morgan fingerprint density at radius 3 is 2.38 bits per heavy atom. The Morgan fingerprint density at radius 1 is 1.23 bits per heavy atom. The molecule has 0 saturated carbocycles. The third kappa shape index (κ3) is 5.36. The van der Waals surface area contributed by atoms with Crippen LogP contribution in [-0.4, -0.2) is 33.7 Å². The second kappa shape index (κ2) is 8.28. The lowest BCUT2D eigenvalue weighted by Gasteiger charge is -2.18. The predicted molar refractivity (Wildman–Crippen MR) is 108 cm³/mol. The third-order valence-corrected chi connectivity index (χ3v) is 6.01. The Balaban J connectivity index is 2.01. The Kier molecular flexibility index (Phi) is 6.54. The van der Waals surface area contributed by atoms with Crippen LogP contribution in [-0.2, 0) is 14.8 Å². The SMILES string of the molecule is CC(Oc1ccc(N(C)S(C)(=O)=O)cc1)C(=O)Nc1ccc(Br)c(Cl)c1. The number of sulfonamides is 1. The molecule has 140 valence electrons. The fourth-order valence-corrected chi connectivity index (χ4v) is 2.93. The molecule has 6 nitrogen and oxygen atoms in total. The number of hydrogen-bond donors (Lipinski definition) is 1. The van der Waals surface area contributed by atoms with Gasteiger partial charge in [0.05, 0.1) is 17.0 Å². The highest BCUT2D eigenvalue weighted by atomic mass is 79.9. The van der Waals surface area contributed by atoms with Crippen molar-refractivity contribution in [2.75, 3.05) is 22.9 Å². The number of amides is 1. The van der Waals surface area contributed by atoms with Crippen LogP contribution in [0.4, 0.5) is 11.4 Å². The number of benzene rings is 2. The summed E-state index contributed by atoms with van der Waals surface area (Å²) in [5.41, 5.74) is 1.06. The van der Waals surface area contributed by atoms with Crippen molar-refractivity contribution < 1.29 is 17.9 Å². The summed E-state index contributed by atoms with van der Waals surface area (Å²) < 4.78 is 30.6. The van der Waals surface area contributed by atoms with Gasteiger partial charge < -0.3 is 10.1 Å². The molecular weight excluding hydrogens is 444 g/mol. The molecule has 0 radical (unpaired) electrons. The largest absolute Gasteiger partial charge is 0.481 e. The van der Waals surface area contributed by atoms with Gasteiger partial charge in [0.25, 0.3) is 5.91 Å². The number of carbonyl (C=O) groups is 1. The molecule has 2 aromatic carbocycles. The molecule has 0 aliphatic carbocycles. The van der Waals surface area contributed by atoms with Gasteiger partial charge in [-0.25, -0.2) is 8.42 Å². The second-order valence-electron chi connectivity index (χ2n) is 5.60. The summed E-state index contributed by atoms with van der Waals surface area (Å²) in [7, 11) is -1.87. The lowest BCUT2D eigenvalue weighted by atomic mass is 10.2. The molecule has 2 rings (SSSR count). The number of hydrogen-bond acceptors (Lipinski definition) is 4. The van der Waals surface area contributed by atoms with Crippen LogP contribution in [0.1, 0.15) is 6.92 Å². The van der Waals surface area contributed by atoms with Gasteiger partial charge in [0.1, 0.15) is 5.75 Å². The molecule has 1 amide bonds. The van der Waals surface area contributed by atoms with E-state index in [1.54, 1.807) is 49.4 Å². The molecule has 0 spiro atoms. The van der Waals surface area contributed by atoms with Gasteiger partial charge in [0.2, 0.25) is 10.0 Å². The molecule has 0 saturated heterocycles. The number of rotatable bonds is 6. The van der Waals surface area contributed by atoms with E-state index in [4.69, 9.17) is 16.3 Å². The summed E-state index contributed by atoms with van der Waals surface area (Å²) in [4.78, 5) is 12.2. The summed E-state index contributed by atoms with van der Waals surface area (Å²) in [6.07, 6.45) is 0.369. The first-order valence-electron chi connectivity index (χ1n) is 7.54. The van der Waals surface area contributed by atoms with E-state index in [-0.39, 0.29) is 5.91 Å². The van der Waals surface area contributed by atoms with Gasteiger partial charge in [-0.15, -0.1) is 0 Å². The Bertz CT molecular complexity index is 903. The van der Waals surface area contributed by atoms with Crippen LogP contribution < -0.4 is 14.4 Å². The fraction of sp³-hybridized carbons (Fsp3) is 0.235. The first-order chi connectivity index (χ1) is 12.1. The quantitative estimate of drug-likeness (QED) is 0.708. The molecule has 26 heavy (non-hydrogen) atoms. The van der Waals surface area contributed by atoms with Gasteiger partial charge in [-0.1, -0.05) is 11.6 Å². The Labute approximate surface area is 166 Å². The molecule has 9 heteroatoms. The van der Waals surface area contributed by atoms with Crippen LogP contribution in [0.15, 0.2) is 46.9 Å². The average Bonchev–Trinajstić information content (AvgIpc) is 2.57. The zero-order chi connectivity index (χ0) is 19.5. The molecule has 1 atom stereocenters. The highest BCUT2D eigenvalue weighted by Crippen LogP contribution is 2.26. The molecule has 0 heterocycles. The topological polar surface area (TPSA) is 75.7 Å². The average molecular weight is 462 g/mol. The summed E-state index contributed by atoms with van der Waals surface area (Å²) >= 11 is 9.29. The van der Waals surface area contributed by atoms with Gasteiger partial charge in [-0.05, 0) is 65.3 Å². The van der Waals surface area contributed by atoms with E-state index < -0.39 is 16.1 Å². The van der Waals surface area contributed by atoms with E-state index in [9.17, 15) is 13.2 Å². The van der Waals surface area contributed by atoms with Crippen molar-refractivity contribution in [2.45, 2.75) is 13.0 Å². The maximum Gasteiger partial charge on any atom is 0.265 e. The minimum Gasteiger partial charge on any atom is -0.481 e. The third-order valence-electron chi connectivity index (χ3n) is 3.57. The highest BCUT2D eigenvalue weighted by Gasteiger charge is 2.16. The Morgan fingerprint density at radius 2 is 1.85 bits per heavy atom. The van der Waals surface area contributed by atoms with Crippen molar-refractivity contribution in [3.8, 4) is 5.75 Å². The normalized spacial score (nSPS) is 12.3. The van der Waals surface area contributed by atoms with Crippen LogP contribution in [0.5, 0.6) is 5.75 Å². The molecule has 0 aliphatic heterocycles. The predicted octanol–water partition coefficient (Wildman–Crippen LogP) is 3.90. The van der Waals surface area contributed by atoms with Crippen molar-refractivity contribution in [2.24, 2.45) is 0 Å². The van der Waals surface area contributed by atoms with Crippen molar-refractivity contribution in [1.29, 1.82) is 0 Å². The maximum absolute atomic E-state index is 12.2. The molecule has 0 fully saturated rings. The number of nitrogens with one attached hydrogen (secondary N) is 1. The van der Waals surface area contributed by atoms with E-state index in [1.807, 2.05) is 0 Å². The number of anilines is 2. The first-order valence-corrected chi connectivity index (χ1v) is 10.6. The van der Waals surface area contributed by atoms with Gasteiger partial charge >= 0.3 is 0 Å². The van der Waals surface area contributed by atoms with Crippen LogP contribution in [0.2, 0.25) is 5.02 Å². The van der Waals surface area contributed by atoms with E-state index >= 15 is 0 Å². The van der Waals surface area contributed by atoms with E-state index in [0.29, 0.717) is 22.1 Å². The molecule has 0 aromatic heterocycles. The van der Waals surface area contributed by atoms with Crippen LogP contribution in [0, 0.1) is 0 Å². The molecule has 1 unspecified atom stereocenters.